The van der Waals surface area contributed by atoms with E-state index in [1.165, 1.54) is 0 Å². The summed E-state index contributed by atoms with van der Waals surface area (Å²) in [5.74, 6) is -1.03. The van der Waals surface area contributed by atoms with Crippen molar-refractivity contribution < 1.29 is 23.9 Å². The second kappa shape index (κ2) is 10.7. The Kier molecular flexibility index (Phi) is 8.60. The number of ether oxygens (including phenoxy) is 2. The van der Waals surface area contributed by atoms with Gasteiger partial charge in [0.2, 0.25) is 0 Å². The minimum atomic E-state index is -0.419. The third-order valence-electron chi connectivity index (χ3n) is 5.15. The molecule has 168 valence electrons. The molecule has 3 rings (SSSR count). The number of carbonyl (C=O) groups excluding carboxylic acids is 3. The number of carbonyl (C=O) groups is 3. The third-order valence-corrected chi connectivity index (χ3v) is 5.15. The Morgan fingerprint density at radius 3 is 1.87 bits per heavy atom. The highest BCUT2D eigenvalue weighted by Crippen LogP contribution is 2.34. The lowest BCUT2D eigenvalue weighted by molar-refractivity contribution is -0.140. The number of nitrogens with zero attached hydrogens (tertiary/aromatic N) is 1. The quantitative estimate of drug-likeness (QED) is 0.349. The molecule has 0 saturated carbocycles. The molecule has 0 amide bonds. The van der Waals surface area contributed by atoms with Crippen LogP contribution in [-0.2, 0) is 9.59 Å². The first-order chi connectivity index (χ1) is 14.2. The summed E-state index contributed by atoms with van der Waals surface area (Å²) in [6, 6.07) is 8.74. The van der Waals surface area contributed by atoms with Gasteiger partial charge in [0.05, 0.1) is 18.4 Å². The second-order valence-corrected chi connectivity index (χ2v) is 8.42. The van der Waals surface area contributed by atoms with E-state index in [2.05, 4.69) is 4.90 Å². The molecule has 0 radical (unpaired) electrons. The molecule has 1 saturated heterocycles. The summed E-state index contributed by atoms with van der Waals surface area (Å²) in [5, 5.41) is 1.54. The third kappa shape index (κ3) is 6.28. The molecule has 1 heterocycles. The van der Waals surface area contributed by atoms with Gasteiger partial charge in [0.1, 0.15) is 0 Å². The van der Waals surface area contributed by atoms with E-state index in [1.54, 1.807) is 52.0 Å². The molecule has 0 unspecified atom stereocenters. The van der Waals surface area contributed by atoms with Gasteiger partial charge in [-0.3, -0.25) is 19.3 Å². The monoisotopic (exact) mass is 447 g/mol. The Labute approximate surface area is 189 Å². The van der Waals surface area contributed by atoms with Crippen LogP contribution >= 0.6 is 12.4 Å². The van der Waals surface area contributed by atoms with E-state index in [0.717, 1.165) is 36.7 Å². The van der Waals surface area contributed by atoms with Crippen molar-refractivity contribution in [3.05, 3.63) is 35.9 Å². The highest BCUT2D eigenvalue weighted by molar-refractivity contribution is 6.01. The number of likely N-dealkylation sites (tertiary alicyclic amines) is 1. The highest BCUT2D eigenvalue weighted by atomic mass is 35.5. The van der Waals surface area contributed by atoms with Crippen molar-refractivity contribution in [3.8, 4) is 11.5 Å². The van der Waals surface area contributed by atoms with Crippen LogP contribution in [0.1, 0.15) is 50.9 Å². The Bertz CT molecular complexity index is 964. The molecule has 0 atom stereocenters. The maximum Gasteiger partial charge on any atom is 0.313 e. The van der Waals surface area contributed by atoms with E-state index in [9.17, 15) is 14.4 Å². The Hall–Kier alpha value is -2.44. The standard InChI is InChI=1S/C24H29NO5.ClH/c1-15(2)23(27)29-21-12-17-7-8-18(20(26)14-25-9-5-6-10-25)11-19(17)13-22(21)30-24(28)16(3)4;/h7-8,11-13,15-16H,5-6,9-10,14H2,1-4H3;1H. The van der Waals surface area contributed by atoms with Gasteiger partial charge >= 0.3 is 11.9 Å². The number of halogens is 1. The largest absolute Gasteiger partial charge is 0.422 e. The summed E-state index contributed by atoms with van der Waals surface area (Å²) in [6.45, 7) is 9.27. The van der Waals surface area contributed by atoms with E-state index in [0.29, 0.717) is 12.1 Å². The van der Waals surface area contributed by atoms with Crippen LogP contribution < -0.4 is 9.47 Å². The number of benzene rings is 2. The summed E-state index contributed by atoms with van der Waals surface area (Å²) in [4.78, 5) is 39.1. The Morgan fingerprint density at radius 2 is 1.35 bits per heavy atom. The van der Waals surface area contributed by atoms with Crippen LogP contribution in [0.15, 0.2) is 30.3 Å². The van der Waals surface area contributed by atoms with Gasteiger partial charge in [-0.25, -0.2) is 0 Å². The lowest BCUT2D eigenvalue weighted by atomic mass is 10.0. The smallest absolute Gasteiger partial charge is 0.313 e. The SMILES string of the molecule is CC(C)C(=O)Oc1cc2ccc(C(=O)CN3CCCC3)cc2cc1OC(=O)C(C)C.Cl. The van der Waals surface area contributed by atoms with E-state index < -0.39 is 11.9 Å². The maximum absolute atomic E-state index is 12.7. The molecule has 1 aliphatic heterocycles. The zero-order valence-electron chi connectivity index (χ0n) is 18.5. The van der Waals surface area contributed by atoms with E-state index >= 15 is 0 Å². The van der Waals surface area contributed by atoms with Gasteiger partial charge < -0.3 is 9.47 Å². The minimum Gasteiger partial charge on any atom is -0.422 e. The fourth-order valence-electron chi connectivity index (χ4n) is 3.28. The average molecular weight is 448 g/mol. The molecule has 1 fully saturated rings. The second-order valence-electron chi connectivity index (χ2n) is 8.42. The first-order valence-corrected chi connectivity index (χ1v) is 10.5. The molecule has 0 spiro atoms. The van der Waals surface area contributed by atoms with Gasteiger partial charge in [-0.1, -0.05) is 39.8 Å². The topological polar surface area (TPSA) is 72.9 Å². The fourth-order valence-corrected chi connectivity index (χ4v) is 3.28. The van der Waals surface area contributed by atoms with Gasteiger partial charge in [0, 0.05) is 5.56 Å². The molecule has 0 aromatic heterocycles. The Morgan fingerprint density at radius 1 is 0.839 bits per heavy atom. The van der Waals surface area contributed by atoms with Crippen molar-refractivity contribution in [3.63, 3.8) is 0 Å². The first-order valence-electron chi connectivity index (χ1n) is 10.5. The number of fused-ring (bicyclic) bond motifs is 1. The lowest BCUT2D eigenvalue weighted by Crippen LogP contribution is -2.26. The maximum atomic E-state index is 12.7. The van der Waals surface area contributed by atoms with Crippen molar-refractivity contribution >= 4 is 40.9 Å². The average Bonchev–Trinajstić information content (AvgIpc) is 3.20. The predicted octanol–water partition coefficient (Wildman–Crippen LogP) is 4.66. The summed E-state index contributed by atoms with van der Waals surface area (Å²) in [5.41, 5.74) is 0.613. The molecule has 2 aromatic carbocycles. The van der Waals surface area contributed by atoms with E-state index in [4.69, 9.17) is 9.47 Å². The normalized spacial score (nSPS) is 14.0. The summed E-state index contributed by atoms with van der Waals surface area (Å²) < 4.78 is 11.0. The zero-order valence-corrected chi connectivity index (χ0v) is 19.3. The Balaban J connectivity index is 0.00000341. The summed E-state index contributed by atoms with van der Waals surface area (Å²) in [7, 11) is 0. The van der Waals surface area contributed by atoms with E-state index in [-0.39, 0.29) is 41.5 Å². The number of rotatable bonds is 7. The van der Waals surface area contributed by atoms with Crippen molar-refractivity contribution in [2.75, 3.05) is 19.6 Å². The van der Waals surface area contributed by atoms with Crippen LogP contribution in [0.3, 0.4) is 0 Å². The van der Waals surface area contributed by atoms with E-state index in [1.807, 2.05) is 6.07 Å². The van der Waals surface area contributed by atoms with Gasteiger partial charge in [-0.15, -0.1) is 12.4 Å². The predicted molar refractivity (Wildman–Crippen MR) is 122 cm³/mol. The number of ketones is 1. The molecular formula is C24H30ClNO5. The fraction of sp³-hybridized carbons (Fsp3) is 0.458. The van der Waals surface area contributed by atoms with Gasteiger partial charge in [0.15, 0.2) is 17.3 Å². The van der Waals surface area contributed by atoms with Crippen LogP contribution in [-0.4, -0.2) is 42.3 Å². The molecule has 0 aliphatic carbocycles. The van der Waals surface area contributed by atoms with Crippen molar-refractivity contribution in [2.24, 2.45) is 11.8 Å². The van der Waals surface area contributed by atoms with Gasteiger partial charge in [0.25, 0.3) is 0 Å². The zero-order chi connectivity index (χ0) is 21.8. The van der Waals surface area contributed by atoms with Crippen LogP contribution in [0.4, 0.5) is 0 Å². The first kappa shape index (κ1) is 24.8. The summed E-state index contributed by atoms with van der Waals surface area (Å²) in [6.07, 6.45) is 2.26. The minimum absolute atomic E-state index is 0. The highest BCUT2D eigenvalue weighted by Gasteiger charge is 2.20. The molecule has 7 heteroatoms. The molecule has 31 heavy (non-hydrogen) atoms. The molecular weight excluding hydrogens is 418 g/mol. The molecule has 0 bridgehead atoms. The lowest BCUT2D eigenvalue weighted by Gasteiger charge is -2.15. The van der Waals surface area contributed by atoms with Crippen molar-refractivity contribution in [1.82, 2.24) is 4.90 Å². The van der Waals surface area contributed by atoms with Crippen LogP contribution in [0.2, 0.25) is 0 Å². The number of hydrogen-bond donors (Lipinski definition) is 0. The van der Waals surface area contributed by atoms with Gasteiger partial charge in [-0.05, 0) is 54.9 Å². The van der Waals surface area contributed by atoms with Crippen molar-refractivity contribution in [1.29, 1.82) is 0 Å². The summed E-state index contributed by atoms with van der Waals surface area (Å²) >= 11 is 0. The molecule has 2 aromatic rings. The molecule has 1 aliphatic rings. The number of esters is 2. The molecule has 6 nitrogen and oxygen atoms in total. The molecule has 0 N–H and O–H groups in total. The van der Waals surface area contributed by atoms with Crippen LogP contribution in [0.5, 0.6) is 11.5 Å². The van der Waals surface area contributed by atoms with Gasteiger partial charge in [-0.2, -0.15) is 0 Å². The van der Waals surface area contributed by atoms with Crippen molar-refractivity contribution in [2.45, 2.75) is 40.5 Å². The number of hydrogen-bond acceptors (Lipinski definition) is 6. The number of Topliss-reactive ketones (excluding diaryl/α,β-unsaturated/α-hetero) is 1. The van der Waals surface area contributed by atoms with Crippen LogP contribution in [0, 0.1) is 11.8 Å². The van der Waals surface area contributed by atoms with Crippen LogP contribution in [0.25, 0.3) is 10.8 Å².